The van der Waals surface area contributed by atoms with Crippen molar-refractivity contribution in [3.8, 4) is 0 Å². The Hall–Kier alpha value is -2.04. The monoisotopic (exact) mass is 351 g/mol. The lowest BCUT2D eigenvalue weighted by Crippen LogP contribution is -2.37. The molecule has 6 heteroatoms. The largest absolute Gasteiger partial charge is 0.449 e. The summed E-state index contributed by atoms with van der Waals surface area (Å²) in [5, 5.41) is 0.581. The molecule has 2 aromatic rings. The molecule has 0 saturated heterocycles. The van der Waals surface area contributed by atoms with E-state index >= 15 is 0 Å². The lowest BCUT2D eigenvalue weighted by Gasteiger charge is -2.21. The highest BCUT2D eigenvalue weighted by Crippen LogP contribution is 2.22. The Labute approximate surface area is 144 Å². The van der Waals surface area contributed by atoms with Crippen LogP contribution in [0, 0.1) is 0 Å². The van der Waals surface area contributed by atoms with Crippen LogP contribution in [0.2, 0.25) is 10.0 Å². The quantitative estimate of drug-likeness (QED) is 0.775. The van der Waals surface area contributed by atoms with Gasteiger partial charge in [-0.1, -0.05) is 41.4 Å². The molecule has 0 aliphatic rings. The van der Waals surface area contributed by atoms with Crippen LogP contribution in [-0.2, 0) is 9.53 Å². The van der Waals surface area contributed by atoms with Crippen LogP contribution >= 0.6 is 23.2 Å². The van der Waals surface area contributed by atoms with Crippen molar-refractivity contribution in [2.24, 2.45) is 0 Å². The van der Waals surface area contributed by atoms with Gasteiger partial charge in [-0.15, -0.1) is 0 Å². The molecule has 2 aromatic carbocycles. The molecule has 0 saturated carbocycles. The van der Waals surface area contributed by atoms with Gasteiger partial charge in [0.15, 0.2) is 6.10 Å². The summed E-state index contributed by atoms with van der Waals surface area (Å²) in [5.74, 6) is -1.04. The Morgan fingerprint density at radius 1 is 1.09 bits per heavy atom. The number of rotatable bonds is 4. The topological polar surface area (TPSA) is 46.6 Å². The van der Waals surface area contributed by atoms with Crippen LogP contribution in [0.3, 0.4) is 0 Å². The Kier molecular flexibility index (Phi) is 5.64. The zero-order chi connectivity index (χ0) is 17.0. The average Bonchev–Trinajstić information content (AvgIpc) is 2.56. The maximum atomic E-state index is 12.4. The molecule has 4 nitrogen and oxygen atoms in total. The molecule has 0 radical (unpaired) electrons. The third-order valence-electron chi connectivity index (χ3n) is 3.25. The first kappa shape index (κ1) is 17.3. The summed E-state index contributed by atoms with van der Waals surface area (Å²) in [6.07, 6.45) is -0.956. The van der Waals surface area contributed by atoms with Crippen LogP contribution in [0.4, 0.5) is 5.69 Å². The summed E-state index contributed by atoms with van der Waals surface area (Å²) in [4.78, 5) is 25.9. The first-order valence-electron chi connectivity index (χ1n) is 6.89. The van der Waals surface area contributed by atoms with Gasteiger partial charge in [-0.25, -0.2) is 4.79 Å². The zero-order valence-electron chi connectivity index (χ0n) is 12.6. The highest BCUT2D eigenvalue weighted by molar-refractivity contribution is 6.35. The molecule has 0 aliphatic heterocycles. The molecule has 0 heterocycles. The molecule has 0 N–H and O–H groups in total. The molecule has 0 aromatic heterocycles. The highest BCUT2D eigenvalue weighted by atomic mass is 35.5. The number of esters is 1. The minimum absolute atomic E-state index is 0.126. The molecule has 0 aliphatic carbocycles. The van der Waals surface area contributed by atoms with Crippen molar-refractivity contribution in [1.82, 2.24) is 0 Å². The predicted molar refractivity (Wildman–Crippen MR) is 91.2 cm³/mol. The maximum Gasteiger partial charge on any atom is 0.340 e. The summed E-state index contributed by atoms with van der Waals surface area (Å²) in [6, 6.07) is 13.6. The number of hydrogen-bond acceptors (Lipinski definition) is 3. The molecule has 0 bridgehead atoms. The van der Waals surface area contributed by atoms with Crippen LogP contribution < -0.4 is 4.90 Å². The Balaban J connectivity index is 2.09. The van der Waals surface area contributed by atoms with Crippen molar-refractivity contribution >= 4 is 40.8 Å². The van der Waals surface area contributed by atoms with E-state index in [1.165, 1.54) is 24.0 Å². The molecule has 120 valence electrons. The van der Waals surface area contributed by atoms with Crippen LogP contribution in [0.25, 0.3) is 0 Å². The Morgan fingerprint density at radius 2 is 1.74 bits per heavy atom. The number of amides is 1. The SMILES string of the molecule is C[C@H](OC(=O)c1cc(Cl)ccc1Cl)C(=O)N(C)c1ccccc1. The molecule has 0 spiro atoms. The maximum absolute atomic E-state index is 12.4. The van der Waals surface area contributed by atoms with E-state index in [-0.39, 0.29) is 16.5 Å². The van der Waals surface area contributed by atoms with E-state index in [2.05, 4.69) is 0 Å². The highest BCUT2D eigenvalue weighted by Gasteiger charge is 2.24. The van der Waals surface area contributed by atoms with E-state index in [0.717, 1.165) is 0 Å². The molecule has 1 atom stereocenters. The van der Waals surface area contributed by atoms with Crippen molar-refractivity contribution in [1.29, 1.82) is 0 Å². The lowest BCUT2D eigenvalue weighted by molar-refractivity contribution is -0.126. The van der Waals surface area contributed by atoms with E-state index in [0.29, 0.717) is 10.7 Å². The minimum atomic E-state index is -0.956. The Morgan fingerprint density at radius 3 is 2.39 bits per heavy atom. The second-order valence-corrected chi connectivity index (χ2v) is 5.75. The van der Waals surface area contributed by atoms with Gasteiger partial charge in [0, 0.05) is 17.8 Å². The van der Waals surface area contributed by atoms with Crippen LogP contribution in [-0.4, -0.2) is 25.0 Å². The number of hydrogen-bond donors (Lipinski definition) is 0. The number of carbonyl (C=O) groups excluding carboxylic acids is 2. The number of para-hydroxylation sites is 1. The van der Waals surface area contributed by atoms with E-state index in [1.54, 1.807) is 25.2 Å². The van der Waals surface area contributed by atoms with Crippen molar-refractivity contribution < 1.29 is 14.3 Å². The fourth-order valence-corrected chi connectivity index (χ4v) is 2.35. The average molecular weight is 352 g/mol. The van der Waals surface area contributed by atoms with Gasteiger partial charge in [-0.2, -0.15) is 0 Å². The van der Waals surface area contributed by atoms with Gasteiger partial charge in [0.2, 0.25) is 0 Å². The smallest absolute Gasteiger partial charge is 0.340 e. The molecule has 2 rings (SSSR count). The van der Waals surface area contributed by atoms with Crippen molar-refractivity contribution in [2.45, 2.75) is 13.0 Å². The standard InChI is InChI=1S/C17H15Cl2NO3/c1-11(16(21)20(2)13-6-4-3-5-7-13)23-17(22)14-10-12(18)8-9-15(14)19/h3-11H,1-2H3/t11-/m0/s1. The lowest BCUT2D eigenvalue weighted by atomic mass is 10.2. The van der Waals surface area contributed by atoms with Crippen molar-refractivity contribution in [3.63, 3.8) is 0 Å². The summed E-state index contributed by atoms with van der Waals surface area (Å²) in [6.45, 7) is 1.51. The second-order valence-electron chi connectivity index (χ2n) is 4.90. The van der Waals surface area contributed by atoms with Gasteiger partial charge in [0.25, 0.3) is 5.91 Å². The minimum Gasteiger partial charge on any atom is -0.449 e. The summed E-state index contributed by atoms with van der Waals surface area (Å²) in [5.41, 5.74) is 0.836. The van der Waals surface area contributed by atoms with Gasteiger partial charge in [-0.3, -0.25) is 4.79 Å². The van der Waals surface area contributed by atoms with Crippen molar-refractivity contribution in [2.75, 3.05) is 11.9 Å². The zero-order valence-corrected chi connectivity index (χ0v) is 14.1. The van der Waals surface area contributed by atoms with Crippen LogP contribution in [0.5, 0.6) is 0 Å². The normalized spacial score (nSPS) is 11.7. The molecular formula is C17H15Cl2NO3. The molecular weight excluding hydrogens is 337 g/mol. The van der Waals surface area contributed by atoms with Crippen molar-refractivity contribution in [3.05, 3.63) is 64.1 Å². The molecule has 23 heavy (non-hydrogen) atoms. The number of carbonyl (C=O) groups is 2. The van der Waals surface area contributed by atoms with Gasteiger partial charge >= 0.3 is 5.97 Å². The van der Waals surface area contributed by atoms with E-state index in [4.69, 9.17) is 27.9 Å². The fraction of sp³-hybridized carbons (Fsp3) is 0.176. The summed E-state index contributed by atoms with van der Waals surface area (Å²) < 4.78 is 5.20. The summed E-state index contributed by atoms with van der Waals surface area (Å²) in [7, 11) is 1.62. The number of benzene rings is 2. The number of halogens is 2. The van der Waals surface area contributed by atoms with E-state index < -0.39 is 12.1 Å². The fourth-order valence-electron chi connectivity index (χ4n) is 1.98. The molecule has 1 amide bonds. The number of likely N-dealkylation sites (N-methyl/N-ethyl adjacent to an activating group) is 1. The number of anilines is 1. The number of ether oxygens (including phenoxy) is 1. The first-order valence-corrected chi connectivity index (χ1v) is 7.64. The third-order valence-corrected chi connectivity index (χ3v) is 3.82. The molecule has 0 unspecified atom stereocenters. The first-order chi connectivity index (χ1) is 10.9. The number of nitrogens with zero attached hydrogens (tertiary/aromatic N) is 1. The third kappa shape index (κ3) is 4.24. The molecule has 0 fully saturated rings. The van der Waals surface area contributed by atoms with E-state index in [1.807, 2.05) is 18.2 Å². The van der Waals surface area contributed by atoms with Gasteiger partial charge in [0.05, 0.1) is 10.6 Å². The van der Waals surface area contributed by atoms with Gasteiger partial charge in [-0.05, 0) is 37.3 Å². The van der Waals surface area contributed by atoms with Crippen LogP contribution in [0.1, 0.15) is 17.3 Å². The Bertz CT molecular complexity index is 719. The predicted octanol–water partition coefficient (Wildman–Crippen LogP) is 4.20. The summed E-state index contributed by atoms with van der Waals surface area (Å²) >= 11 is 11.8. The van der Waals surface area contributed by atoms with Gasteiger partial charge < -0.3 is 9.64 Å². The second kappa shape index (κ2) is 7.49. The van der Waals surface area contributed by atoms with Gasteiger partial charge in [0.1, 0.15) is 0 Å². The van der Waals surface area contributed by atoms with E-state index in [9.17, 15) is 9.59 Å². The van der Waals surface area contributed by atoms with Crippen LogP contribution in [0.15, 0.2) is 48.5 Å².